The van der Waals surface area contributed by atoms with Crippen LogP contribution in [0, 0.1) is 0 Å². The molecule has 0 atom stereocenters. The normalized spacial score (nSPS) is 11.5. The minimum Gasteiger partial charge on any atom is -0.493 e. The molecule has 0 saturated heterocycles. The smallest absolute Gasteiger partial charge is 0.416 e. The number of ether oxygens (including phenoxy) is 2. The number of hydrazone groups is 1. The van der Waals surface area contributed by atoms with E-state index in [4.69, 9.17) is 15.2 Å². The van der Waals surface area contributed by atoms with Gasteiger partial charge in [0.25, 0.3) is 5.91 Å². The third kappa shape index (κ3) is 6.72. The summed E-state index contributed by atoms with van der Waals surface area (Å²) < 4.78 is 48.6. The van der Waals surface area contributed by atoms with Crippen LogP contribution >= 0.6 is 0 Å². The van der Waals surface area contributed by atoms with E-state index in [1.54, 1.807) is 6.07 Å². The number of carbonyl (C=O) groups is 3. The second kappa shape index (κ2) is 10.3. The van der Waals surface area contributed by atoms with Crippen molar-refractivity contribution < 1.29 is 37.0 Å². The molecule has 32 heavy (non-hydrogen) atoms. The van der Waals surface area contributed by atoms with Crippen molar-refractivity contribution in [3.8, 4) is 11.5 Å². The molecule has 2 rings (SSSR count). The van der Waals surface area contributed by atoms with E-state index >= 15 is 0 Å². The van der Waals surface area contributed by atoms with Gasteiger partial charge in [0, 0.05) is 11.3 Å². The van der Waals surface area contributed by atoms with Crippen LogP contribution in [0.3, 0.4) is 0 Å². The van der Waals surface area contributed by atoms with Gasteiger partial charge in [-0.15, -0.1) is 0 Å². The van der Waals surface area contributed by atoms with E-state index < -0.39 is 29.5 Å². The lowest BCUT2D eigenvalue weighted by molar-refractivity contribution is -0.137. The van der Waals surface area contributed by atoms with E-state index in [2.05, 4.69) is 10.4 Å². The van der Waals surface area contributed by atoms with Crippen LogP contribution < -0.4 is 25.9 Å². The summed E-state index contributed by atoms with van der Waals surface area (Å²) in [6, 6.07) is 8.43. The van der Waals surface area contributed by atoms with Crippen molar-refractivity contribution in [2.45, 2.75) is 13.1 Å². The predicted molar refractivity (Wildman–Crippen MR) is 108 cm³/mol. The van der Waals surface area contributed by atoms with Gasteiger partial charge in [-0.1, -0.05) is 6.07 Å². The van der Waals surface area contributed by atoms with E-state index in [1.165, 1.54) is 32.2 Å². The SMILES string of the molecule is COc1cc(/C(C)=N/NC(=O)C(=O)Nc2cccc(C(F)(F)F)c2)ccc1OCC(N)=O. The standard InChI is InChI=1S/C20H19F3N4O5/c1-11(12-6-7-15(16(8-12)31-2)32-10-17(24)28)26-27-19(30)18(29)25-14-5-3-4-13(9-14)20(21,22)23/h3-9H,10H2,1-2H3,(H2,24,28)(H,25,29)(H,27,30)/b26-11+. The predicted octanol–water partition coefficient (Wildman–Crippen LogP) is 2.06. The average Bonchev–Trinajstić information content (AvgIpc) is 2.75. The lowest BCUT2D eigenvalue weighted by Gasteiger charge is -2.11. The quantitative estimate of drug-likeness (QED) is 0.336. The van der Waals surface area contributed by atoms with Gasteiger partial charge in [0.15, 0.2) is 18.1 Å². The van der Waals surface area contributed by atoms with Crippen LogP contribution in [0.2, 0.25) is 0 Å². The Kier molecular flexibility index (Phi) is 7.77. The van der Waals surface area contributed by atoms with Crippen molar-refractivity contribution in [2.75, 3.05) is 19.0 Å². The summed E-state index contributed by atoms with van der Waals surface area (Å²) in [4.78, 5) is 34.7. The summed E-state index contributed by atoms with van der Waals surface area (Å²) >= 11 is 0. The van der Waals surface area contributed by atoms with Gasteiger partial charge in [-0.25, -0.2) is 5.43 Å². The summed E-state index contributed by atoms with van der Waals surface area (Å²) in [5.41, 5.74) is 6.66. The fourth-order valence-electron chi connectivity index (χ4n) is 2.37. The maximum atomic E-state index is 12.7. The molecule has 0 aliphatic carbocycles. The molecule has 0 heterocycles. The molecule has 3 amide bonds. The van der Waals surface area contributed by atoms with Crippen molar-refractivity contribution >= 4 is 29.1 Å². The fourth-order valence-corrected chi connectivity index (χ4v) is 2.37. The molecule has 0 unspecified atom stereocenters. The molecule has 0 aliphatic rings. The lowest BCUT2D eigenvalue weighted by atomic mass is 10.1. The van der Waals surface area contributed by atoms with Gasteiger partial charge >= 0.3 is 18.0 Å². The van der Waals surface area contributed by atoms with Gasteiger partial charge in [0.05, 0.1) is 18.4 Å². The Morgan fingerprint density at radius 2 is 1.78 bits per heavy atom. The highest BCUT2D eigenvalue weighted by Gasteiger charge is 2.30. The van der Waals surface area contributed by atoms with Crippen molar-refractivity contribution in [3.05, 3.63) is 53.6 Å². The van der Waals surface area contributed by atoms with Crippen molar-refractivity contribution in [2.24, 2.45) is 10.8 Å². The molecule has 170 valence electrons. The van der Waals surface area contributed by atoms with Crippen molar-refractivity contribution in [3.63, 3.8) is 0 Å². The van der Waals surface area contributed by atoms with Gasteiger partial charge in [-0.3, -0.25) is 14.4 Å². The molecule has 4 N–H and O–H groups in total. The van der Waals surface area contributed by atoms with Crippen LogP contribution in [0.15, 0.2) is 47.6 Å². The van der Waals surface area contributed by atoms with E-state index in [0.717, 1.165) is 12.1 Å². The number of benzene rings is 2. The Bertz CT molecular complexity index is 1050. The molecule has 0 spiro atoms. The van der Waals surface area contributed by atoms with Gasteiger partial charge in [0.1, 0.15) is 0 Å². The average molecular weight is 452 g/mol. The summed E-state index contributed by atoms with van der Waals surface area (Å²) in [6.45, 7) is 1.18. The Hall–Kier alpha value is -4.09. The minimum absolute atomic E-state index is 0.197. The Labute approximate surface area is 180 Å². The molecular formula is C20H19F3N4O5. The number of halogens is 3. The second-order valence-corrected chi connectivity index (χ2v) is 6.29. The number of nitrogens with one attached hydrogen (secondary N) is 2. The highest BCUT2D eigenvalue weighted by Crippen LogP contribution is 2.30. The van der Waals surface area contributed by atoms with Crippen molar-refractivity contribution in [1.82, 2.24) is 5.43 Å². The van der Waals surface area contributed by atoms with E-state index in [1.807, 2.05) is 5.43 Å². The zero-order chi connectivity index (χ0) is 23.9. The monoisotopic (exact) mass is 452 g/mol. The van der Waals surface area contributed by atoms with Crippen molar-refractivity contribution in [1.29, 1.82) is 0 Å². The summed E-state index contributed by atoms with van der Waals surface area (Å²) in [6.07, 6.45) is -4.59. The number of alkyl halides is 3. The number of hydrogen-bond donors (Lipinski definition) is 3. The number of primary amides is 1. The Morgan fingerprint density at radius 3 is 2.41 bits per heavy atom. The Balaban J connectivity index is 2.05. The summed E-state index contributed by atoms with van der Waals surface area (Å²) in [7, 11) is 1.38. The molecule has 12 heteroatoms. The van der Waals surface area contributed by atoms with Crippen LogP contribution in [0.1, 0.15) is 18.1 Å². The largest absolute Gasteiger partial charge is 0.493 e. The topological polar surface area (TPSA) is 132 Å². The first kappa shape index (κ1) is 24.2. The number of amides is 3. The first-order chi connectivity index (χ1) is 15.0. The summed E-state index contributed by atoms with van der Waals surface area (Å²) in [5.74, 6) is -2.52. The number of anilines is 1. The highest BCUT2D eigenvalue weighted by molar-refractivity contribution is 6.39. The second-order valence-electron chi connectivity index (χ2n) is 6.29. The van der Waals surface area contributed by atoms with Crippen LogP contribution in [-0.4, -0.2) is 37.1 Å². The number of nitrogens with zero attached hydrogens (tertiary/aromatic N) is 1. The molecule has 2 aromatic rings. The van der Waals surface area contributed by atoms with E-state index in [-0.39, 0.29) is 29.5 Å². The maximum absolute atomic E-state index is 12.7. The zero-order valence-corrected chi connectivity index (χ0v) is 16.9. The number of rotatable bonds is 7. The van der Waals surface area contributed by atoms with Gasteiger partial charge in [-0.2, -0.15) is 18.3 Å². The van der Waals surface area contributed by atoms with Gasteiger partial charge in [0.2, 0.25) is 0 Å². The highest BCUT2D eigenvalue weighted by atomic mass is 19.4. The van der Waals surface area contributed by atoms with Gasteiger partial charge < -0.3 is 20.5 Å². The van der Waals surface area contributed by atoms with Crippen LogP contribution in [0.25, 0.3) is 0 Å². The third-order valence-electron chi connectivity index (χ3n) is 3.93. The molecule has 0 bridgehead atoms. The van der Waals surface area contributed by atoms with Crippen LogP contribution in [-0.2, 0) is 20.6 Å². The molecule has 9 nitrogen and oxygen atoms in total. The first-order valence-electron chi connectivity index (χ1n) is 8.93. The fraction of sp³-hybridized carbons (Fsp3) is 0.200. The van der Waals surface area contributed by atoms with Crippen LogP contribution in [0.5, 0.6) is 11.5 Å². The zero-order valence-electron chi connectivity index (χ0n) is 16.9. The number of nitrogens with two attached hydrogens (primary N) is 1. The lowest BCUT2D eigenvalue weighted by Crippen LogP contribution is -2.33. The molecule has 0 saturated carbocycles. The molecule has 0 aliphatic heterocycles. The number of hydrogen-bond acceptors (Lipinski definition) is 6. The molecule has 2 aromatic carbocycles. The maximum Gasteiger partial charge on any atom is 0.416 e. The molecular weight excluding hydrogens is 433 g/mol. The van der Waals surface area contributed by atoms with E-state index in [9.17, 15) is 27.6 Å². The van der Waals surface area contributed by atoms with Crippen LogP contribution in [0.4, 0.5) is 18.9 Å². The van der Waals surface area contributed by atoms with E-state index in [0.29, 0.717) is 11.6 Å². The molecule has 0 fully saturated rings. The molecule has 0 aromatic heterocycles. The van der Waals surface area contributed by atoms with Gasteiger partial charge in [-0.05, 0) is 43.3 Å². The Morgan fingerprint density at radius 1 is 1.06 bits per heavy atom. The minimum atomic E-state index is -4.59. The number of methoxy groups -OCH3 is 1. The number of carbonyl (C=O) groups excluding carboxylic acids is 3. The first-order valence-corrected chi connectivity index (χ1v) is 8.93. The molecule has 0 radical (unpaired) electrons. The third-order valence-corrected chi connectivity index (χ3v) is 3.93. The summed E-state index contributed by atoms with van der Waals surface area (Å²) in [5, 5.41) is 5.87.